The van der Waals surface area contributed by atoms with Crippen LogP contribution in [-0.4, -0.2) is 26.7 Å². The first-order valence-corrected chi connectivity index (χ1v) is 13.0. The third kappa shape index (κ3) is 7.24. The van der Waals surface area contributed by atoms with Crippen LogP contribution in [0.25, 0.3) is 0 Å². The highest BCUT2D eigenvalue weighted by Gasteiger charge is 2.40. The summed E-state index contributed by atoms with van der Waals surface area (Å²) in [5, 5.41) is 23.3. The molecular weight excluding hydrogens is 433 g/mol. The number of hydrogen-bond acceptors (Lipinski definition) is 4. The minimum atomic E-state index is -0.405. The van der Waals surface area contributed by atoms with Crippen LogP contribution in [0.2, 0.25) is 0 Å². The third-order valence-electron chi connectivity index (χ3n) is 6.61. The topological polar surface area (TPSA) is 53.4 Å². The van der Waals surface area contributed by atoms with Crippen molar-refractivity contribution in [2.24, 2.45) is 11.8 Å². The average Bonchev–Trinajstić information content (AvgIpc) is 3.28. The zero-order valence-corrected chi connectivity index (χ0v) is 19.9. The lowest BCUT2D eigenvalue weighted by molar-refractivity contribution is 0.108. The molecule has 31 heavy (non-hydrogen) atoms. The van der Waals surface area contributed by atoms with E-state index in [1.165, 1.54) is 22.3 Å². The molecule has 0 bridgehead atoms. The molecule has 1 aliphatic rings. The highest BCUT2D eigenvalue weighted by molar-refractivity contribution is 7.09. The van der Waals surface area contributed by atoms with Crippen molar-refractivity contribution in [3.05, 3.63) is 51.7 Å². The Kier molecular flexibility index (Phi) is 9.76. The van der Waals surface area contributed by atoms with Gasteiger partial charge in [-0.25, -0.2) is 4.98 Å². The number of alkyl halides is 1. The number of thiazole rings is 1. The van der Waals surface area contributed by atoms with Crippen LogP contribution in [0.4, 0.5) is 4.39 Å². The van der Waals surface area contributed by atoms with Gasteiger partial charge in [0.1, 0.15) is 0 Å². The van der Waals surface area contributed by atoms with Gasteiger partial charge in [-0.1, -0.05) is 50.5 Å². The van der Waals surface area contributed by atoms with Crippen LogP contribution < -0.4 is 0 Å². The first-order valence-electron chi connectivity index (χ1n) is 11.7. The molecule has 6 heteroatoms. The summed E-state index contributed by atoms with van der Waals surface area (Å²) in [6.45, 7) is 2.17. The zero-order chi connectivity index (χ0) is 22.2. The Morgan fingerprint density at radius 1 is 1.19 bits per heavy atom. The monoisotopic (exact) mass is 467 g/mol. The highest BCUT2D eigenvalue weighted by Crippen LogP contribution is 2.41. The van der Waals surface area contributed by atoms with E-state index in [2.05, 4.69) is 24.0 Å². The van der Waals surface area contributed by atoms with Crippen LogP contribution in [0, 0.1) is 17.8 Å². The Bertz CT molecular complexity index is 801. The Balaban J connectivity index is 1.53. The van der Waals surface area contributed by atoms with Crippen molar-refractivity contribution in [2.45, 2.75) is 88.7 Å². The Hall–Kier alpha value is -1.01. The van der Waals surface area contributed by atoms with Crippen LogP contribution >= 0.6 is 22.9 Å². The summed E-state index contributed by atoms with van der Waals surface area (Å²) in [7, 11) is 0. The van der Waals surface area contributed by atoms with E-state index in [-0.39, 0.29) is 23.3 Å². The van der Waals surface area contributed by atoms with E-state index in [1.54, 1.807) is 0 Å². The first-order chi connectivity index (χ1) is 15.0. The maximum Gasteiger partial charge on any atom is 0.223 e. The molecule has 5 atom stereocenters. The minimum Gasteiger partial charge on any atom is -0.393 e. The van der Waals surface area contributed by atoms with Crippen LogP contribution in [0.3, 0.4) is 0 Å². The molecule has 1 heterocycles. The highest BCUT2D eigenvalue weighted by atomic mass is 35.5. The number of benzene rings is 1. The zero-order valence-electron chi connectivity index (χ0n) is 18.4. The van der Waals surface area contributed by atoms with E-state index in [9.17, 15) is 14.6 Å². The number of hydrogen-bond donors (Lipinski definition) is 2. The SMILES string of the molecule is CCCCCC(O)c1cccc(CC[C@H]2C(Cl)CC(O)[C@@H]2CCCc2nc(F)cs2)c1. The maximum atomic E-state index is 13.1. The number of unbranched alkanes of at least 4 members (excludes halogenated alkanes) is 2. The molecule has 172 valence electrons. The second kappa shape index (κ2) is 12.3. The minimum absolute atomic E-state index is 0.0138. The van der Waals surface area contributed by atoms with E-state index in [0.717, 1.165) is 68.4 Å². The van der Waals surface area contributed by atoms with Gasteiger partial charge in [0.15, 0.2) is 0 Å². The molecule has 3 nitrogen and oxygen atoms in total. The fourth-order valence-corrected chi connectivity index (χ4v) is 6.05. The number of nitrogens with zero attached hydrogens (tertiary/aromatic N) is 1. The summed E-state index contributed by atoms with van der Waals surface area (Å²) in [5.74, 6) is 0.0373. The summed E-state index contributed by atoms with van der Waals surface area (Å²) in [6, 6.07) is 8.27. The van der Waals surface area contributed by atoms with Gasteiger partial charge in [0.2, 0.25) is 5.95 Å². The predicted octanol–water partition coefficient (Wildman–Crippen LogP) is 6.46. The second-order valence-electron chi connectivity index (χ2n) is 8.90. The molecule has 0 radical (unpaired) electrons. The van der Waals surface area contributed by atoms with Crippen molar-refractivity contribution >= 4 is 22.9 Å². The van der Waals surface area contributed by atoms with Gasteiger partial charge in [-0.3, -0.25) is 0 Å². The van der Waals surface area contributed by atoms with E-state index in [0.29, 0.717) is 6.42 Å². The van der Waals surface area contributed by atoms with Gasteiger partial charge in [-0.05, 0) is 67.9 Å². The standard InChI is InChI=1S/C25H35ClFNO2S/c1-2-3-4-10-22(29)18-8-5-7-17(14-18)12-13-19-20(23(30)15-21(19)26)9-6-11-25-28-24(27)16-31-25/h5,7-8,14,16,19-23,29-30H,2-4,6,9-13,15H2,1H3/t19-,20-,21?,22?,23?/m1/s1. The van der Waals surface area contributed by atoms with Crippen molar-refractivity contribution in [3.8, 4) is 0 Å². The number of rotatable bonds is 12. The lowest BCUT2D eigenvalue weighted by Gasteiger charge is -2.23. The Morgan fingerprint density at radius 2 is 2.03 bits per heavy atom. The molecule has 3 rings (SSSR count). The fraction of sp³-hybridized carbons (Fsp3) is 0.640. The van der Waals surface area contributed by atoms with Gasteiger partial charge in [-0.2, -0.15) is 4.39 Å². The summed E-state index contributed by atoms with van der Waals surface area (Å²) in [6.07, 6.45) is 8.36. The number of aliphatic hydroxyl groups is 2. The summed E-state index contributed by atoms with van der Waals surface area (Å²) in [5.41, 5.74) is 2.21. The first kappa shape index (κ1) is 24.6. The molecule has 1 saturated carbocycles. The molecule has 0 amide bonds. The average molecular weight is 468 g/mol. The summed E-state index contributed by atoms with van der Waals surface area (Å²) >= 11 is 7.98. The van der Waals surface area contributed by atoms with Crippen molar-refractivity contribution < 1.29 is 14.6 Å². The summed E-state index contributed by atoms with van der Waals surface area (Å²) < 4.78 is 13.1. The van der Waals surface area contributed by atoms with E-state index >= 15 is 0 Å². The normalized spacial score (nSPS) is 24.5. The molecule has 0 aliphatic heterocycles. The molecule has 1 aliphatic carbocycles. The molecule has 3 unspecified atom stereocenters. The number of halogens is 2. The number of aryl methyl sites for hydroxylation is 2. The van der Waals surface area contributed by atoms with Crippen molar-refractivity contribution in [1.29, 1.82) is 0 Å². The Labute approximate surface area is 194 Å². The van der Waals surface area contributed by atoms with Crippen LogP contribution in [0.1, 0.15) is 80.5 Å². The molecule has 0 saturated heterocycles. The van der Waals surface area contributed by atoms with E-state index in [1.807, 2.05) is 12.1 Å². The van der Waals surface area contributed by atoms with Gasteiger partial charge in [0.25, 0.3) is 0 Å². The van der Waals surface area contributed by atoms with E-state index in [4.69, 9.17) is 11.6 Å². The predicted molar refractivity (Wildman–Crippen MR) is 126 cm³/mol. The van der Waals surface area contributed by atoms with Crippen LogP contribution in [-0.2, 0) is 12.8 Å². The van der Waals surface area contributed by atoms with Crippen LogP contribution in [0.5, 0.6) is 0 Å². The number of aromatic nitrogens is 1. The molecule has 1 aromatic carbocycles. The molecule has 1 aromatic heterocycles. The molecule has 0 spiro atoms. The van der Waals surface area contributed by atoms with Crippen molar-refractivity contribution in [2.75, 3.05) is 0 Å². The lowest BCUT2D eigenvalue weighted by atomic mass is 9.85. The Morgan fingerprint density at radius 3 is 2.77 bits per heavy atom. The largest absolute Gasteiger partial charge is 0.393 e. The molecule has 2 N–H and O–H groups in total. The maximum absolute atomic E-state index is 13.1. The third-order valence-corrected chi connectivity index (χ3v) is 7.99. The van der Waals surface area contributed by atoms with Crippen molar-refractivity contribution in [3.63, 3.8) is 0 Å². The van der Waals surface area contributed by atoms with Gasteiger partial charge < -0.3 is 10.2 Å². The van der Waals surface area contributed by atoms with E-state index < -0.39 is 12.1 Å². The van der Waals surface area contributed by atoms with Crippen LogP contribution in [0.15, 0.2) is 29.6 Å². The van der Waals surface area contributed by atoms with Crippen molar-refractivity contribution in [1.82, 2.24) is 4.98 Å². The van der Waals surface area contributed by atoms with Gasteiger partial charge >= 0.3 is 0 Å². The molecule has 2 aromatic rings. The molecular formula is C25H35ClFNO2S. The fourth-order valence-electron chi connectivity index (χ4n) is 4.87. The number of aliphatic hydroxyl groups excluding tert-OH is 2. The smallest absolute Gasteiger partial charge is 0.223 e. The van der Waals surface area contributed by atoms with Gasteiger partial charge in [-0.15, -0.1) is 22.9 Å². The lowest BCUT2D eigenvalue weighted by Crippen LogP contribution is -2.21. The summed E-state index contributed by atoms with van der Waals surface area (Å²) in [4.78, 5) is 3.89. The van der Waals surface area contributed by atoms with Gasteiger partial charge in [0.05, 0.1) is 17.2 Å². The van der Waals surface area contributed by atoms with Gasteiger partial charge in [0, 0.05) is 10.8 Å². The quantitative estimate of drug-likeness (QED) is 0.278. The molecule has 1 fully saturated rings. The second-order valence-corrected chi connectivity index (χ2v) is 10.4.